The average Bonchev–Trinajstić information content (AvgIpc) is 3.45. The van der Waals surface area contributed by atoms with Crippen molar-refractivity contribution in [1.82, 2.24) is 4.57 Å². The van der Waals surface area contributed by atoms with E-state index in [0.29, 0.717) is 11.1 Å². The van der Waals surface area contributed by atoms with Gasteiger partial charge in [0.2, 0.25) is 0 Å². The fourth-order valence-electron chi connectivity index (χ4n) is 3.29. The first kappa shape index (κ1) is 20.8. The molecule has 1 aliphatic carbocycles. The summed E-state index contributed by atoms with van der Waals surface area (Å²) in [4.78, 5) is 37.9. The van der Waals surface area contributed by atoms with Crippen molar-refractivity contribution in [2.75, 3.05) is 13.2 Å². The zero-order valence-corrected chi connectivity index (χ0v) is 16.8. The van der Waals surface area contributed by atoms with Crippen LogP contribution in [0.25, 0.3) is 0 Å². The SMILES string of the molecule is CCOC(=O)c1cn(CC(=O)c2ccc(C)c(F)c2)c(C(=O)OCC)c1C1CC1. The summed E-state index contributed by atoms with van der Waals surface area (Å²) in [5.74, 6) is -1.91. The fourth-order valence-corrected chi connectivity index (χ4v) is 3.29. The van der Waals surface area contributed by atoms with Gasteiger partial charge in [-0.3, -0.25) is 4.79 Å². The number of halogens is 1. The van der Waals surface area contributed by atoms with Crippen LogP contribution in [-0.4, -0.2) is 35.5 Å². The number of aryl methyl sites for hydroxylation is 1. The highest BCUT2D eigenvalue weighted by atomic mass is 19.1. The van der Waals surface area contributed by atoms with E-state index in [1.54, 1.807) is 26.8 Å². The van der Waals surface area contributed by atoms with Crippen LogP contribution in [0.1, 0.15) is 74.9 Å². The summed E-state index contributed by atoms with van der Waals surface area (Å²) >= 11 is 0. The third-order valence-corrected chi connectivity index (χ3v) is 4.87. The third-order valence-electron chi connectivity index (χ3n) is 4.87. The van der Waals surface area contributed by atoms with Crippen LogP contribution < -0.4 is 0 Å². The topological polar surface area (TPSA) is 74.6 Å². The molecule has 0 bridgehead atoms. The predicted octanol–water partition coefficient (Wildman–Crippen LogP) is 4.05. The summed E-state index contributed by atoms with van der Waals surface area (Å²) in [6, 6.07) is 4.26. The molecule has 1 saturated carbocycles. The number of hydrogen-bond donors (Lipinski definition) is 0. The molecule has 1 aliphatic rings. The van der Waals surface area contributed by atoms with Crippen LogP contribution >= 0.6 is 0 Å². The molecule has 0 amide bonds. The van der Waals surface area contributed by atoms with Gasteiger partial charge < -0.3 is 14.0 Å². The lowest BCUT2D eigenvalue weighted by atomic mass is 10.1. The van der Waals surface area contributed by atoms with Crippen LogP contribution in [-0.2, 0) is 16.0 Å². The van der Waals surface area contributed by atoms with Crippen molar-refractivity contribution in [3.63, 3.8) is 0 Å². The standard InChI is InChI=1S/C22H24FNO5/c1-4-28-21(26)16-11-24(12-18(25)15-7-6-13(3)17(23)10-15)20(22(27)29-5-2)19(16)14-8-9-14/h6-7,10-11,14H,4-5,8-9,12H2,1-3H3. The molecular weight excluding hydrogens is 377 g/mol. The number of benzene rings is 1. The Morgan fingerprint density at radius 2 is 1.76 bits per heavy atom. The molecule has 0 spiro atoms. The van der Waals surface area contributed by atoms with E-state index in [0.717, 1.165) is 12.8 Å². The van der Waals surface area contributed by atoms with Crippen molar-refractivity contribution in [3.8, 4) is 0 Å². The molecule has 1 aromatic heterocycles. The summed E-state index contributed by atoms with van der Waals surface area (Å²) in [7, 11) is 0. The summed E-state index contributed by atoms with van der Waals surface area (Å²) in [6.07, 6.45) is 3.17. The van der Waals surface area contributed by atoms with Gasteiger partial charge in [-0.2, -0.15) is 0 Å². The highest BCUT2D eigenvalue weighted by Crippen LogP contribution is 2.44. The second kappa shape index (κ2) is 8.59. The van der Waals surface area contributed by atoms with Crippen LogP contribution in [0.2, 0.25) is 0 Å². The van der Waals surface area contributed by atoms with Gasteiger partial charge in [-0.05, 0) is 51.2 Å². The minimum absolute atomic E-state index is 0.0574. The van der Waals surface area contributed by atoms with Crippen molar-refractivity contribution in [3.05, 3.63) is 58.2 Å². The van der Waals surface area contributed by atoms with E-state index >= 15 is 0 Å². The number of esters is 2. The van der Waals surface area contributed by atoms with Crippen molar-refractivity contribution in [1.29, 1.82) is 0 Å². The van der Waals surface area contributed by atoms with Crippen LogP contribution in [0.3, 0.4) is 0 Å². The number of Topliss-reactive ketones (excluding diaryl/α,β-unsaturated/α-hetero) is 1. The Kier molecular flexibility index (Phi) is 6.15. The lowest BCUT2D eigenvalue weighted by molar-refractivity contribution is 0.0511. The molecule has 6 nitrogen and oxygen atoms in total. The second-order valence-electron chi connectivity index (χ2n) is 7.04. The highest BCUT2D eigenvalue weighted by Gasteiger charge is 2.37. The van der Waals surface area contributed by atoms with E-state index in [4.69, 9.17) is 9.47 Å². The van der Waals surface area contributed by atoms with Crippen LogP contribution in [0, 0.1) is 12.7 Å². The van der Waals surface area contributed by atoms with Crippen molar-refractivity contribution in [2.24, 2.45) is 0 Å². The molecule has 3 rings (SSSR count). The molecule has 29 heavy (non-hydrogen) atoms. The predicted molar refractivity (Wildman–Crippen MR) is 104 cm³/mol. The number of hydrogen-bond acceptors (Lipinski definition) is 5. The van der Waals surface area contributed by atoms with Gasteiger partial charge in [0.25, 0.3) is 0 Å². The minimum atomic E-state index is -0.590. The van der Waals surface area contributed by atoms with Gasteiger partial charge in [0.15, 0.2) is 5.78 Å². The normalized spacial score (nSPS) is 13.2. The minimum Gasteiger partial charge on any atom is -0.462 e. The third kappa shape index (κ3) is 4.39. The van der Waals surface area contributed by atoms with E-state index in [-0.39, 0.29) is 48.3 Å². The number of aromatic nitrogens is 1. The number of rotatable bonds is 8. The average molecular weight is 401 g/mol. The molecule has 1 heterocycles. The molecular formula is C22H24FNO5. The largest absolute Gasteiger partial charge is 0.462 e. The number of carbonyl (C=O) groups excluding carboxylic acids is 3. The van der Waals surface area contributed by atoms with E-state index in [9.17, 15) is 18.8 Å². The quantitative estimate of drug-likeness (QED) is 0.493. The van der Waals surface area contributed by atoms with Crippen molar-refractivity contribution < 1.29 is 28.2 Å². The number of nitrogens with zero attached hydrogens (tertiary/aromatic N) is 1. The lowest BCUT2D eigenvalue weighted by Crippen LogP contribution is -2.18. The molecule has 0 unspecified atom stereocenters. The fraction of sp³-hybridized carbons (Fsp3) is 0.409. The Bertz CT molecular complexity index is 958. The second-order valence-corrected chi connectivity index (χ2v) is 7.04. The summed E-state index contributed by atoms with van der Waals surface area (Å²) in [5, 5.41) is 0. The Hall–Kier alpha value is -2.96. The zero-order chi connectivity index (χ0) is 21.1. The Labute approximate surface area is 168 Å². The molecule has 0 radical (unpaired) electrons. The van der Waals surface area contributed by atoms with E-state index in [1.807, 2.05) is 0 Å². The molecule has 0 N–H and O–H groups in total. The maximum Gasteiger partial charge on any atom is 0.355 e. The smallest absolute Gasteiger partial charge is 0.355 e. The van der Waals surface area contributed by atoms with E-state index in [1.165, 1.54) is 22.9 Å². The Balaban J connectivity index is 2.02. The van der Waals surface area contributed by atoms with Crippen LogP contribution in [0.15, 0.2) is 24.4 Å². The maximum atomic E-state index is 13.9. The molecule has 0 saturated heterocycles. The van der Waals surface area contributed by atoms with Gasteiger partial charge in [0.1, 0.15) is 11.5 Å². The summed E-state index contributed by atoms with van der Waals surface area (Å²) < 4.78 is 25.6. The molecule has 7 heteroatoms. The van der Waals surface area contributed by atoms with Gasteiger partial charge in [-0.1, -0.05) is 12.1 Å². The Morgan fingerprint density at radius 3 is 2.34 bits per heavy atom. The molecule has 1 fully saturated rings. The molecule has 0 aliphatic heterocycles. The first-order valence-electron chi connectivity index (χ1n) is 9.73. The summed E-state index contributed by atoms with van der Waals surface area (Å²) in [6.45, 7) is 5.16. The van der Waals surface area contributed by atoms with E-state index < -0.39 is 17.8 Å². The zero-order valence-electron chi connectivity index (χ0n) is 16.8. The summed E-state index contributed by atoms with van der Waals surface area (Å²) in [5.41, 5.74) is 1.68. The molecule has 154 valence electrons. The van der Waals surface area contributed by atoms with Crippen LogP contribution in [0.4, 0.5) is 4.39 Å². The maximum absolute atomic E-state index is 13.9. The Morgan fingerprint density at radius 1 is 1.10 bits per heavy atom. The highest BCUT2D eigenvalue weighted by molar-refractivity contribution is 6.00. The molecule has 1 aromatic carbocycles. The van der Waals surface area contributed by atoms with Crippen molar-refractivity contribution >= 4 is 17.7 Å². The van der Waals surface area contributed by atoms with Gasteiger partial charge >= 0.3 is 11.9 Å². The monoisotopic (exact) mass is 401 g/mol. The lowest BCUT2D eigenvalue weighted by Gasteiger charge is -2.10. The first-order valence-corrected chi connectivity index (χ1v) is 9.73. The number of ketones is 1. The number of carbonyl (C=O) groups is 3. The van der Waals surface area contributed by atoms with E-state index in [2.05, 4.69) is 0 Å². The van der Waals surface area contributed by atoms with Gasteiger partial charge in [-0.15, -0.1) is 0 Å². The molecule has 0 atom stereocenters. The first-order chi connectivity index (χ1) is 13.9. The number of ether oxygens (including phenoxy) is 2. The van der Waals surface area contributed by atoms with Gasteiger partial charge in [-0.25, -0.2) is 14.0 Å². The van der Waals surface area contributed by atoms with Crippen LogP contribution in [0.5, 0.6) is 0 Å². The van der Waals surface area contributed by atoms with Gasteiger partial charge in [0, 0.05) is 17.3 Å². The molecule has 2 aromatic rings. The van der Waals surface area contributed by atoms with Crippen molar-refractivity contribution in [2.45, 2.75) is 46.1 Å². The van der Waals surface area contributed by atoms with Gasteiger partial charge in [0.05, 0.1) is 25.3 Å².